The minimum Gasteiger partial charge on any atom is -0.497 e. The van der Waals surface area contributed by atoms with Crippen molar-refractivity contribution in [3.8, 4) is 5.75 Å². The molecule has 0 bridgehead atoms. The molecule has 0 aliphatic heterocycles. The summed E-state index contributed by atoms with van der Waals surface area (Å²) in [6.45, 7) is 2.10. The zero-order valence-electron chi connectivity index (χ0n) is 12.5. The van der Waals surface area contributed by atoms with E-state index in [0.29, 0.717) is 17.1 Å². The van der Waals surface area contributed by atoms with E-state index < -0.39 is 22.0 Å². The minimum atomic E-state index is -1.52. The maximum atomic E-state index is 12.6. The van der Waals surface area contributed by atoms with Crippen molar-refractivity contribution in [1.29, 1.82) is 0 Å². The average molecular weight is 313 g/mol. The van der Waals surface area contributed by atoms with Crippen LogP contribution >= 0.6 is 0 Å². The number of hydroxylamine groups is 1. The first-order valence-electron chi connectivity index (χ1n) is 7.12. The second-order valence-electron chi connectivity index (χ2n) is 4.79. The summed E-state index contributed by atoms with van der Waals surface area (Å²) in [5, 5.41) is 8.09. The largest absolute Gasteiger partial charge is 0.497 e. The Balaban J connectivity index is 2.80. The van der Waals surface area contributed by atoms with Gasteiger partial charge in [-0.15, -0.1) is 0 Å². The third kappa shape index (κ3) is 5.47. The molecule has 0 spiro atoms. The number of unbranched alkanes of at least 4 members (excludes halogenated alkanes) is 3. The fraction of sp³-hybridized carbons (Fsp3) is 0.533. The molecule has 1 aromatic rings. The Morgan fingerprint density at radius 1 is 1.38 bits per heavy atom. The van der Waals surface area contributed by atoms with Gasteiger partial charge in [-0.05, 0) is 24.6 Å². The van der Waals surface area contributed by atoms with Crippen molar-refractivity contribution in [2.75, 3.05) is 7.11 Å². The monoisotopic (exact) mass is 313 g/mol. The Morgan fingerprint density at radius 2 is 2.14 bits per heavy atom. The van der Waals surface area contributed by atoms with E-state index in [4.69, 9.17) is 9.94 Å². The van der Waals surface area contributed by atoms with E-state index in [1.807, 2.05) is 0 Å². The molecule has 21 heavy (non-hydrogen) atoms. The van der Waals surface area contributed by atoms with Crippen LogP contribution in [0.4, 0.5) is 0 Å². The molecule has 0 heterocycles. The van der Waals surface area contributed by atoms with Gasteiger partial charge in [-0.1, -0.05) is 38.7 Å². The maximum absolute atomic E-state index is 12.6. The van der Waals surface area contributed by atoms with Gasteiger partial charge in [0.2, 0.25) is 0 Å². The van der Waals surface area contributed by atoms with Gasteiger partial charge in [-0.3, -0.25) is 14.2 Å². The van der Waals surface area contributed by atoms with Gasteiger partial charge in [0, 0.05) is 4.90 Å². The van der Waals surface area contributed by atoms with Crippen LogP contribution in [0.3, 0.4) is 0 Å². The normalized spacial score (nSPS) is 13.5. The summed E-state index contributed by atoms with van der Waals surface area (Å²) >= 11 is 0. The predicted octanol–water partition coefficient (Wildman–Crippen LogP) is 2.65. The number of carbonyl (C=O) groups excluding carboxylic acids is 1. The van der Waals surface area contributed by atoms with E-state index in [1.165, 1.54) is 7.11 Å². The number of nitrogens with one attached hydrogen (secondary N) is 1. The first-order valence-corrected chi connectivity index (χ1v) is 8.33. The molecule has 0 aliphatic rings. The highest BCUT2D eigenvalue weighted by molar-refractivity contribution is 7.86. The van der Waals surface area contributed by atoms with Crippen LogP contribution in [0.5, 0.6) is 5.75 Å². The van der Waals surface area contributed by atoms with Crippen molar-refractivity contribution >= 4 is 16.7 Å². The molecule has 1 amide bonds. The van der Waals surface area contributed by atoms with E-state index >= 15 is 0 Å². The molecule has 2 unspecified atom stereocenters. The van der Waals surface area contributed by atoms with Crippen molar-refractivity contribution < 1.29 is 18.9 Å². The molecule has 1 rings (SSSR count). The van der Waals surface area contributed by atoms with Crippen molar-refractivity contribution in [2.45, 2.75) is 49.2 Å². The molecule has 0 aliphatic carbocycles. The summed E-state index contributed by atoms with van der Waals surface area (Å²) in [5.74, 6) is -0.0114. The second-order valence-corrected chi connectivity index (χ2v) is 6.43. The van der Waals surface area contributed by atoms with Gasteiger partial charge < -0.3 is 4.74 Å². The van der Waals surface area contributed by atoms with Gasteiger partial charge in [0.1, 0.15) is 11.0 Å². The van der Waals surface area contributed by atoms with E-state index in [2.05, 4.69) is 6.92 Å². The average Bonchev–Trinajstić information content (AvgIpc) is 2.53. The maximum Gasteiger partial charge on any atom is 0.259 e. The SMILES string of the molecule is CCCCCCC(C(=O)NO)S(=O)c1cccc(OC)c1. The van der Waals surface area contributed by atoms with Crippen LogP contribution < -0.4 is 10.2 Å². The van der Waals surface area contributed by atoms with E-state index in [9.17, 15) is 9.00 Å². The van der Waals surface area contributed by atoms with Gasteiger partial charge in [-0.25, -0.2) is 5.48 Å². The topological polar surface area (TPSA) is 75.6 Å². The van der Waals surface area contributed by atoms with Crippen LogP contribution in [0, 0.1) is 0 Å². The lowest BCUT2D eigenvalue weighted by molar-refractivity contribution is -0.128. The summed E-state index contributed by atoms with van der Waals surface area (Å²) in [7, 11) is 0.0119. The molecular formula is C15H23NO4S. The number of carbonyl (C=O) groups is 1. The van der Waals surface area contributed by atoms with E-state index in [-0.39, 0.29) is 0 Å². The number of ether oxygens (including phenoxy) is 1. The number of benzene rings is 1. The molecule has 0 radical (unpaired) electrons. The third-order valence-corrected chi connectivity index (χ3v) is 4.94. The number of hydrogen-bond acceptors (Lipinski definition) is 4. The first kappa shape index (κ1) is 17.7. The molecule has 118 valence electrons. The van der Waals surface area contributed by atoms with Crippen molar-refractivity contribution in [3.63, 3.8) is 0 Å². The van der Waals surface area contributed by atoms with Crippen LogP contribution in [-0.4, -0.2) is 27.7 Å². The highest BCUT2D eigenvalue weighted by Gasteiger charge is 2.26. The predicted molar refractivity (Wildman–Crippen MR) is 81.9 cm³/mol. The van der Waals surface area contributed by atoms with Gasteiger partial charge in [-0.2, -0.15) is 0 Å². The zero-order valence-corrected chi connectivity index (χ0v) is 13.3. The number of methoxy groups -OCH3 is 1. The van der Waals surface area contributed by atoms with Gasteiger partial charge >= 0.3 is 0 Å². The molecule has 0 aromatic heterocycles. The van der Waals surface area contributed by atoms with Crippen molar-refractivity contribution in [1.82, 2.24) is 5.48 Å². The van der Waals surface area contributed by atoms with Gasteiger partial charge in [0.25, 0.3) is 5.91 Å². The standard InChI is InChI=1S/C15H23NO4S/c1-3-4-5-6-10-14(15(17)16-18)21(19)13-9-7-8-12(11-13)20-2/h7-9,11,14,18H,3-6,10H2,1-2H3,(H,16,17). The Hall–Kier alpha value is -1.40. The summed E-state index contributed by atoms with van der Waals surface area (Å²) in [5.41, 5.74) is 1.62. The number of amides is 1. The molecule has 1 aromatic carbocycles. The lowest BCUT2D eigenvalue weighted by Gasteiger charge is -2.15. The summed E-state index contributed by atoms with van der Waals surface area (Å²) in [4.78, 5) is 12.3. The summed E-state index contributed by atoms with van der Waals surface area (Å²) in [6, 6.07) is 6.84. The first-order chi connectivity index (χ1) is 10.1. The molecule has 0 fully saturated rings. The quantitative estimate of drug-likeness (QED) is 0.417. The zero-order chi connectivity index (χ0) is 15.7. The Bertz CT molecular complexity index is 478. The number of hydrogen-bond donors (Lipinski definition) is 2. The van der Waals surface area contributed by atoms with Crippen molar-refractivity contribution in [2.24, 2.45) is 0 Å². The fourth-order valence-corrected chi connectivity index (χ4v) is 3.46. The summed E-state index contributed by atoms with van der Waals surface area (Å²) < 4.78 is 17.7. The van der Waals surface area contributed by atoms with Crippen LogP contribution in [0.2, 0.25) is 0 Å². The molecule has 6 heteroatoms. The molecule has 5 nitrogen and oxygen atoms in total. The lowest BCUT2D eigenvalue weighted by Crippen LogP contribution is -2.35. The Labute approximate surface area is 128 Å². The highest BCUT2D eigenvalue weighted by atomic mass is 32.2. The van der Waals surface area contributed by atoms with Crippen LogP contribution in [0.15, 0.2) is 29.2 Å². The second kappa shape index (κ2) is 9.52. The lowest BCUT2D eigenvalue weighted by atomic mass is 10.1. The highest BCUT2D eigenvalue weighted by Crippen LogP contribution is 2.21. The number of rotatable bonds is 9. The Kier molecular flexibility index (Phi) is 8.00. The molecule has 2 N–H and O–H groups in total. The smallest absolute Gasteiger partial charge is 0.259 e. The molecule has 2 atom stereocenters. The molecule has 0 saturated heterocycles. The van der Waals surface area contributed by atoms with E-state index in [1.54, 1.807) is 29.7 Å². The van der Waals surface area contributed by atoms with Gasteiger partial charge in [0.05, 0.1) is 17.9 Å². The summed E-state index contributed by atoms with van der Waals surface area (Å²) in [6.07, 6.45) is 4.45. The van der Waals surface area contributed by atoms with Crippen LogP contribution in [0.25, 0.3) is 0 Å². The Morgan fingerprint density at radius 3 is 2.76 bits per heavy atom. The van der Waals surface area contributed by atoms with Crippen molar-refractivity contribution in [3.05, 3.63) is 24.3 Å². The fourth-order valence-electron chi connectivity index (χ4n) is 2.05. The van der Waals surface area contributed by atoms with Crippen LogP contribution in [-0.2, 0) is 15.6 Å². The minimum absolute atomic E-state index is 0.482. The van der Waals surface area contributed by atoms with Gasteiger partial charge in [0.15, 0.2) is 0 Å². The molecular weight excluding hydrogens is 290 g/mol. The van der Waals surface area contributed by atoms with Crippen LogP contribution in [0.1, 0.15) is 39.0 Å². The van der Waals surface area contributed by atoms with E-state index in [0.717, 1.165) is 25.7 Å². The third-order valence-electron chi connectivity index (χ3n) is 3.25. The molecule has 0 saturated carbocycles.